The quantitative estimate of drug-likeness (QED) is 0.716. The zero-order valence-corrected chi connectivity index (χ0v) is 11.7. The fourth-order valence-electron chi connectivity index (χ4n) is 1.89. The Bertz CT molecular complexity index is 503. The van der Waals surface area contributed by atoms with Gasteiger partial charge in [-0.3, -0.25) is 4.79 Å². The van der Waals surface area contributed by atoms with Crippen molar-refractivity contribution in [3.05, 3.63) is 34.9 Å². The molecule has 0 bridgehead atoms. The van der Waals surface area contributed by atoms with Crippen LogP contribution in [0.15, 0.2) is 24.3 Å². The summed E-state index contributed by atoms with van der Waals surface area (Å²) >= 11 is 5.97. The van der Waals surface area contributed by atoms with Gasteiger partial charge in [0.15, 0.2) is 6.04 Å². The molecule has 0 saturated heterocycles. The van der Waals surface area contributed by atoms with E-state index in [0.717, 1.165) is 12.8 Å². The highest BCUT2D eigenvalue weighted by Gasteiger charge is 2.24. The first kappa shape index (κ1) is 14.8. The monoisotopic (exact) mass is 296 g/mol. The van der Waals surface area contributed by atoms with Gasteiger partial charge in [0, 0.05) is 29.6 Å². The van der Waals surface area contributed by atoms with E-state index in [1.807, 2.05) is 0 Å². The van der Waals surface area contributed by atoms with Crippen LogP contribution in [0.5, 0.6) is 0 Å². The summed E-state index contributed by atoms with van der Waals surface area (Å²) in [5, 5.41) is 15.3. The molecule has 6 heteroatoms. The molecular formula is C14H17ClN2O3. The third-order valence-corrected chi connectivity index (χ3v) is 3.48. The van der Waals surface area contributed by atoms with Crippen molar-refractivity contribution in [2.75, 3.05) is 6.54 Å². The Balaban J connectivity index is 1.93. The molecule has 1 fully saturated rings. The van der Waals surface area contributed by atoms with Crippen molar-refractivity contribution in [1.82, 2.24) is 10.6 Å². The van der Waals surface area contributed by atoms with Crippen molar-refractivity contribution in [2.24, 2.45) is 0 Å². The minimum Gasteiger partial charge on any atom is -0.479 e. The van der Waals surface area contributed by atoms with E-state index in [0.29, 0.717) is 23.2 Å². The van der Waals surface area contributed by atoms with Gasteiger partial charge in [-0.05, 0) is 18.9 Å². The van der Waals surface area contributed by atoms with Crippen molar-refractivity contribution < 1.29 is 14.7 Å². The number of carboxylic acids is 1. The molecule has 1 aromatic carbocycles. The van der Waals surface area contributed by atoms with E-state index in [4.69, 9.17) is 11.6 Å². The second-order valence-corrected chi connectivity index (χ2v) is 5.25. The van der Waals surface area contributed by atoms with E-state index in [1.165, 1.54) is 0 Å². The van der Waals surface area contributed by atoms with Crippen LogP contribution in [0.4, 0.5) is 0 Å². The molecule has 1 atom stereocenters. The molecule has 2 rings (SSSR count). The molecule has 1 aliphatic rings. The highest BCUT2D eigenvalue weighted by Crippen LogP contribution is 2.23. The Morgan fingerprint density at radius 1 is 1.35 bits per heavy atom. The van der Waals surface area contributed by atoms with E-state index in [-0.39, 0.29) is 12.3 Å². The predicted octanol–water partition coefficient (Wildman–Crippen LogP) is 1.72. The van der Waals surface area contributed by atoms with Gasteiger partial charge < -0.3 is 15.7 Å². The number of carboxylic acid groups (broad SMARTS) is 1. The molecule has 1 saturated carbocycles. The minimum absolute atomic E-state index is 0.255. The van der Waals surface area contributed by atoms with E-state index in [9.17, 15) is 14.7 Å². The Morgan fingerprint density at radius 3 is 2.65 bits per heavy atom. The number of halogens is 1. The van der Waals surface area contributed by atoms with Crippen LogP contribution >= 0.6 is 11.6 Å². The molecule has 1 aliphatic carbocycles. The maximum absolute atomic E-state index is 11.8. The Kier molecular flexibility index (Phi) is 4.98. The number of hydrogen-bond acceptors (Lipinski definition) is 3. The molecule has 0 aromatic heterocycles. The maximum atomic E-state index is 11.8. The normalized spacial score (nSPS) is 15.7. The van der Waals surface area contributed by atoms with Crippen molar-refractivity contribution in [2.45, 2.75) is 31.3 Å². The van der Waals surface area contributed by atoms with Crippen LogP contribution in [0, 0.1) is 0 Å². The highest BCUT2D eigenvalue weighted by atomic mass is 35.5. The lowest BCUT2D eigenvalue weighted by atomic mass is 10.1. The number of hydrogen-bond donors (Lipinski definition) is 3. The third-order valence-electron chi connectivity index (χ3n) is 3.13. The smallest absolute Gasteiger partial charge is 0.330 e. The first-order chi connectivity index (χ1) is 9.58. The average molecular weight is 297 g/mol. The zero-order valence-electron chi connectivity index (χ0n) is 10.9. The number of aliphatic carboxylic acids is 1. The molecule has 5 nitrogen and oxygen atoms in total. The van der Waals surface area contributed by atoms with Crippen molar-refractivity contribution in [1.29, 1.82) is 0 Å². The molecule has 0 radical (unpaired) electrons. The standard InChI is InChI=1S/C14H17ClN2O3/c15-11-4-2-1-3-10(11)13(14(19)20)17-12(18)7-8-16-9-5-6-9/h1-4,9,13,16H,5-8H2,(H,17,18)(H,19,20)/t13-/m1/s1. The Hall–Kier alpha value is -1.59. The summed E-state index contributed by atoms with van der Waals surface area (Å²) in [7, 11) is 0. The predicted molar refractivity (Wildman–Crippen MR) is 75.6 cm³/mol. The highest BCUT2D eigenvalue weighted by molar-refractivity contribution is 6.31. The summed E-state index contributed by atoms with van der Waals surface area (Å²) < 4.78 is 0. The van der Waals surface area contributed by atoms with Gasteiger partial charge in [0.1, 0.15) is 0 Å². The van der Waals surface area contributed by atoms with E-state index < -0.39 is 12.0 Å². The Labute approximate surface area is 122 Å². The second kappa shape index (κ2) is 6.72. The summed E-state index contributed by atoms with van der Waals surface area (Å²) in [4.78, 5) is 23.1. The second-order valence-electron chi connectivity index (χ2n) is 4.84. The summed E-state index contributed by atoms with van der Waals surface area (Å²) in [5.41, 5.74) is 0.394. The molecule has 1 amide bonds. The first-order valence-corrected chi connectivity index (χ1v) is 6.95. The van der Waals surface area contributed by atoms with Gasteiger partial charge in [-0.25, -0.2) is 4.79 Å². The van der Waals surface area contributed by atoms with E-state index in [2.05, 4.69) is 10.6 Å². The molecule has 0 unspecified atom stereocenters. The van der Waals surface area contributed by atoms with Crippen molar-refractivity contribution >= 4 is 23.5 Å². The van der Waals surface area contributed by atoms with Crippen LogP contribution in [0.2, 0.25) is 5.02 Å². The fourth-order valence-corrected chi connectivity index (χ4v) is 2.14. The summed E-state index contributed by atoms with van der Waals surface area (Å²) in [5.74, 6) is -1.42. The van der Waals surface area contributed by atoms with E-state index in [1.54, 1.807) is 24.3 Å². The molecule has 0 spiro atoms. The number of nitrogens with one attached hydrogen (secondary N) is 2. The van der Waals surface area contributed by atoms with Gasteiger partial charge in [-0.2, -0.15) is 0 Å². The molecule has 3 N–H and O–H groups in total. The number of benzene rings is 1. The lowest BCUT2D eigenvalue weighted by Gasteiger charge is -2.16. The van der Waals surface area contributed by atoms with Gasteiger partial charge in [0.25, 0.3) is 0 Å². The summed E-state index contributed by atoms with van der Waals surface area (Å²) in [6, 6.07) is 6.03. The molecule has 108 valence electrons. The number of carbonyl (C=O) groups excluding carboxylic acids is 1. The largest absolute Gasteiger partial charge is 0.479 e. The Morgan fingerprint density at radius 2 is 2.05 bits per heavy atom. The summed E-state index contributed by atoms with van der Waals surface area (Å²) in [6.45, 7) is 0.561. The van der Waals surface area contributed by atoms with Crippen LogP contribution in [0.25, 0.3) is 0 Å². The lowest BCUT2D eigenvalue weighted by Crippen LogP contribution is -2.35. The topological polar surface area (TPSA) is 78.4 Å². The van der Waals surface area contributed by atoms with Crippen LogP contribution in [0.3, 0.4) is 0 Å². The van der Waals surface area contributed by atoms with Gasteiger partial charge in [0.05, 0.1) is 0 Å². The van der Waals surface area contributed by atoms with Crippen LogP contribution in [0.1, 0.15) is 30.9 Å². The van der Waals surface area contributed by atoms with Gasteiger partial charge in [0.2, 0.25) is 5.91 Å². The molecule has 0 heterocycles. The number of carbonyl (C=O) groups is 2. The van der Waals surface area contributed by atoms with E-state index >= 15 is 0 Å². The summed E-state index contributed by atoms with van der Waals surface area (Å²) in [6.07, 6.45) is 2.56. The van der Waals surface area contributed by atoms with Crippen LogP contribution in [-0.2, 0) is 9.59 Å². The fraction of sp³-hybridized carbons (Fsp3) is 0.429. The van der Waals surface area contributed by atoms with Crippen LogP contribution < -0.4 is 10.6 Å². The third kappa shape index (κ3) is 4.21. The molecule has 1 aromatic rings. The minimum atomic E-state index is -1.12. The maximum Gasteiger partial charge on any atom is 0.330 e. The van der Waals surface area contributed by atoms with Gasteiger partial charge in [-0.1, -0.05) is 29.8 Å². The van der Waals surface area contributed by atoms with Crippen molar-refractivity contribution in [3.8, 4) is 0 Å². The zero-order chi connectivity index (χ0) is 14.5. The van der Waals surface area contributed by atoms with Crippen molar-refractivity contribution in [3.63, 3.8) is 0 Å². The van der Waals surface area contributed by atoms with Gasteiger partial charge in [-0.15, -0.1) is 0 Å². The average Bonchev–Trinajstić information content (AvgIpc) is 3.21. The van der Waals surface area contributed by atoms with Gasteiger partial charge >= 0.3 is 5.97 Å². The molecule has 20 heavy (non-hydrogen) atoms. The lowest BCUT2D eigenvalue weighted by molar-refractivity contribution is -0.142. The first-order valence-electron chi connectivity index (χ1n) is 6.58. The number of rotatable bonds is 7. The molecular weight excluding hydrogens is 280 g/mol. The number of amides is 1. The molecule has 0 aliphatic heterocycles. The SMILES string of the molecule is O=C(CCNC1CC1)N[C@@H](C(=O)O)c1ccccc1Cl. The van der Waals surface area contributed by atoms with Crippen LogP contribution in [-0.4, -0.2) is 29.6 Å².